The van der Waals surface area contributed by atoms with Crippen LogP contribution in [-0.2, 0) is 10.3 Å². The first-order chi connectivity index (χ1) is 10.1. The smallest absolute Gasteiger partial charge is 0.319 e. The zero-order valence-electron chi connectivity index (χ0n) is 11.7. The third-order valence-electron chi connectivity index (χ3n) is 3.60. The molecule has 3 rings (SSSR count). The number of aryl methyl sites for hydroxylation is 1. The topological polar surface area (TPSA) is 75.2 Å². The number of amides is 3. The summed E-state index contributed by atoms with van der Waals surface area (Å²) < 4.78 is 0. The molecule has 21 heavy (non-hydrogen) atoms. The second-order valence-electron chi connectivity index (χ2n) is 4.80. The van der Waals surface area contributed by atoms with E-state index in [1.165, 1.54) is 11.3 Å². The molecule has 2 heterocycles. The molecule has 1 saturated heterocycles. The van der Waals surface area contributed by atoms with E-state index in [2.05, 4.69) is 15.5 Å². The van der Waals surface area contributed by atoms with Crippen molar-refractivity contribution in [3.8, 4) is 0 Å². The van der Waals surface area contributed by atoms with Gasteiger partial charge >= 0.3 is 6.03 Å². The van der Waals surface area contributed by atoms with E-state index in [0.29, 0.717) is 16.6 Å². The second kappa shape index (κ2) is 4.92. The van der Waals surface area contributed by atoms with E-state index in [4.69, 9.17) is 0 Å². The number of nitrogens with one attached hydrogen (secondary N) is 1. The number of nitrogens with zero attached hydrogens (tertiary/aromatic N) is 3. The Labute approximate surface area is 125 Å². The summed E-state index contributed by atoms with van der Waals surface area (Å²) in [5.74, 6) is -0.308. The van der Waals surface area contributed by atoms with Crippen LogP contribution in [0.15, 0.2) is 30.3 Å². The van der Waals surface area contributed by atoms with Gasteiger partial charge < -0.3 is 5.32 Å². The fourth-order valence-corrected chi connectivity index (χ4v) is 3.17. The molecule has 0 radical (unpaired) electrons. The van der Waals surface area contributed by atoms with Gasteiger partial charge in [-0.3, -0.25) is 4.79 Å². The molecule has 0 spiro atoms. The number of hydrogen-bond donors (Lipinski definition) is 1. The van der Waals surface area contributed by atoms with Crippen LogP contribution >= 0.6 is 11.3 Å². The SMILES string of the molecule is CCC1(c2ccccc2)NC(=O)N(c2nnc(C)s2)C1=O. The molecule has 1 unspecified atom stereocenters. The van der Waals surface area contributed by atoms with E-state index >= 15 is 0 Å². The van der Waals surface area contributed by atoms with Crippen LogP contribution in [0.1, 0.15) is 23.9 Å². The number of rotatable bonds is 3. The Morgan fingerprint density at radius 2 is 1.95 bits per heavy atom. The average molecular weight is 302 g/mol. The third kappa shape index (κ3) is 2.01. The van der Waals surface area contributed by atoms with Crippen molar-refractivity contribution < 1.29 is 9.59 Å². The van der Waals surface area contributed by atoms with Gasteiger partial charge in [0.05, 0.1) is 0 Å². The molecular weight excluding hydrogens is 288 g/mol. The lowest BCUT2D eigenvalue weighted by Gasteiger charge is -2.25. The number of carbonyl (C=O) groups excluding carboxylic acids is 2. The van der Waals surface area contributed by atoms with Crippen LogP contribution in [0.2, 0.25) is 0 Å². The number of anilines is 1. The van der Waals surface area contributed by atoms with E-state index in [-0.39, 0.29) is 5.91 Å². The molecule has 7 heteroatoms. The quantitative estimate of drug-likeness (QED) is 0.882. The van der Waals surface area contributed by atoms with Gasteiger partial charge in [0.15, 0.2) is 0 Å². The molecule has 1 fully saturated rings. The molecule has 0 aliphatic carbocycles. The minimum atomic E-state index is -1.03. The molecule has 3 amide bonds. The molecule has 1 aliphatic rings. The summed E-state index contributed by atoms with van der Waals surface area (Å²) >= 11 is 1.22. The van der Waals surface area contributed by atoms with Crippen molar-refractivity contribution in [2.75, 3.05) is 4.90 Å². The third-order valence-corrected chi connectivity index (χ3v) is 4.42. The molecule has 108 valence electrons. The Hall–Kier alpha value is -2.28. The second-order valence-corrected chi connectivity index (χ2v) is 5.96. The zero-order chi connectivity index (χ0) is 15.0. The monoisotopic (exact) mass is 302 g/mol. The van der Waals surface area contributed by atoms with Crippen molar-refractivity contribution >= 4 is 28.4 Å². The summed E-state index contributed by atoms with van der Waals surface area (Å²) in [5, 5.41) is 11.6. The highest BCUT2D eigenvalue weighted by atomic mass is 32.1. The molecular formula is C14H14N4O2S. The Bertz CT molecular complexity index is 700. The first-order valence-electron chi connectivity index (χ1n) is 6.61. The molecule has 0 saturated carbocycles. The Morgan fingerprint density at radius 1 is 1.24 bits per heavy atom. The van der Waals surface area contributed by atoms with Crippen LogP contribution in [0.4, 0.5) is 9.93 Å². The summed E-state index contributed by atoms with van der Waals surface area (Å²) in [6, 6.07) is 8.81. The highest BCUT2D eigenvalue weighted by Gasteiger charge is 2.52. The van der Waals surface area contributed by atoms with E-state index in [9.17, 15) is 9.59 Å². The van der Waals surface area contributed by atoms with Crippen LogP contribution in [0.3, 0.4) is 0 Å². The number of hydrogen-bond acceptors (Lipinski definition) is 5. The predicted molar refractivity (Wildman–Crippen MR) is 79.1 cm³/mol. The molecule has 1 aliphatic heterocycles. The molecule has 0 bridgehead atoms. The number of urea groups is 1. The molecule has 1 N–H and O–H groups in total. The van der Waals surface area contributed by atoms with Gasteiger partial charge in [0, 0.05) is 0 Å². The average Bonchev–Trinajstić information content (AvgIpc) is 3.02. The van der Waals surface area contributed by atoms with Crippen LogP contribution in [0, 0.1) is 6.92 Å². The summed E-state index contributed by atoms with van der Waals surface area (Å²) in [6.07, 6.45) is 0.468. The van der Waals surface area contributed by atoms with Crippen molar-refractivity contribution in [3.63, 3.8) is 0 Å². The van der Waals surface area contributed by atoms with E-state index in [0.717, 1.165) is 10.5 Å². The number of carbonyl (C=O) groups is 2. The summed E-state index contributed by atoms with van der Waals surface area (Å²) in [5.41, 5.74) is -0.257. The maximum absolute atomic E-state index is 12.9. The minimum absolute atomic E-state index is 0.307. The highest BCUT2D eigenvalue weighted by molar-refractivity contribution is 7.15. The van der Waals surface area contributed by atoms with Crippen molar-refractivity contribution in [3.05, 3.63) is 40.9 Å². The first-order valence-corrected chi connectivity index (χ1v) is 7.42. The van der Waals surface area contributed by atoms with Crippen molar-refractivity contribution in [1.82, 2.24) is 15.5 Å². The fraction of sp³-hybridized carbons (Fsp3) is 0.286. The van der Waals surface area contributed by atoms with E-state index in [1.807, 2.05) is 37.3 Å². The van der Waals surface area contributed by atoms with Gasteiger partial charge in [0.1, 0.15) is 10.5 Å². The van der Waals surface area contributed by atoms with Gasteiger partial charge in [0.2, 0.25) is 5.13 Å². The fourth-order valence-electron chi connectivity index (χ4n) is 2.49. The Kier molecular flexibility index (Phi) is 3.21. The lowest BCUT2D eigenvalue weighted by atomic mass is 9.87. The Balaban J connectivity index is 2.06. The van der Waals surface area contributed by atoms with Gasteiger partial charge in [-0.25, -0.2) is 9.69 Å². The molecule has 6 nitrogen and oxygen atoms in total. The summed E-state index contributed by atoms with van der Waals surface area (Å²) in [6.45, 7) is 3.66. The minimum Gasteiger partial charge on any atom is -0.319 e. The zero-order valence-corrected chi connectivity index (χ0v) is 12.5. The normalized spacial score (nSPS) is 21.7. The molecule has 1 aromatic carbocycles. The summed E-state index contributed by atoms with van der Waals surface area (Å²) in [4.78, 5) is 26.2. The van der Waals surface area contributed by atoms with Crippen LogP contribution < -0.4 is 10.2 Å². The van der Waals surface area contributed by atoms with Gasteiger partial charge in [-0.1, -0.05) is 48.6 Å². The van der Waals surface area contributed by atoms with Gasteiger partial charge in [-0.05, 0) is 18.9 Å². The van der Waals surface area contributed by atoms with Gasteiger partial charge in [0.25, 0.3) is 5.91 Å². The largest absolute Gasteiger partial charge is 0.331 e. The maximum atomic E-state index is 12.9. The molecule has 2 aromatic rings. The first kappa shape index (κ1) is 13.7. The molecule has 1 aromatic heterocycles. The lowest BCUT2D eigenvalue weighted by Crippen LogP contribution is -2.43. The summed E-state index contributed by atoms with van der Waals surface area (Å²) in [7, 11) is 0. The number of aromatic nitrogens is 2. The van der Waals surface area contributed by atoms with Crippen LogP contribution in [-0.4, -0.2) is 22.1 Å². The lowest BCUT2D eigenvalue weighted by molar-refractivity contribution is -0.122. The van der Waals surface area contributed by atoms with E-state index < -0.39 is 11.6 Å². The number of imide groups is 1. The van der Waals surface area contributed by atoms with Gasteiger partial charge in [-0.2, -0.15) is 0 Å². The van der Waals surface area contributed by atoms with E-state index in [1.54, 1.807) is 6.92 Å². The standard InChI is InChI=1S/C14H14N4O2S/c1-3-14(10-7-5-4-6-8-10)11(19)18(12(20)15-14)13-17-16-9(2)21-13/h4-8H,3H2,1-2H3,(H,15,20). The Morgan fingerprint density at radius 3 is 2.52 bits per heavy atom. The molecule has 1 atom stereocenters. The maximum Gasteiger partial charge on any atom is 0.331 e. The highest BCUT2D eigenvalue weighted by Crippen LogP contribution is 2.35. The predicted octanol–water partition coefficient (Wildman–Crippen LogP) is 2.21. The van der Waals surface area contributed by atoms with Crippen molar-refractivity contribution in [2.45, 2.75) is 25.8 Å². The van der Waals surface area contributed by atoms with Crippen molar-refractivity contribution in [2.24, 2.45) is 0 Å². The van der Waals surface area contributed by atoms with Gasteiger partial charge in [-0.15, -0.1) is 10.2 Å². The van der Waals surface area contributed by atoms with Crippen LogP contribution in [0.25, 0.3) is 0 Å². The van der Waals surface area contributed by atoms with Crippen LogP contribution in [0.5, 0.6) is 0 Å². The number of benzene rings is 1. The van der Waals surface area contributed by atoms with Crippen molar-refractivity contribution in [1.29, 1.82) is 0 Å².